The highest BCUT2D eigenvalue weighted by Gasteiger charge is 2.19. The third-order valence-corrected chi connectivity index (χ3v) is 4.38. The molecule has 136 valence electrons. The van der Waals surface area contributed by atoms with Crippen LogP contribution in [-0.2, 0) is 11.3 Å². The quantitative estimate of drug-likeness (QED) is 0.726. The molecule has 27 heavy (non-hydrogen) atoms. The van der Waals surface area contributed by atoms with Gasteiger partial charge < -0.3 is 10.3 Å². The zero-order chi connectivity index (χ0) is 19.4. The standard InChI is InChI=1S/C20H19N5O2/c1-13(19(26)22-15-9-7-14(11-21)8-10-15)25(2)12-18-23-17-6-4-3-5-16(17)20(27)24-18/h3-10,13H,12H2,1-2H3,(H,22,26)(H,23,24,27)/t13-/m0/s1. The molecule has 1 heterocycles. The van der Waals surface area contributed by atoms with Crippen LogP contribution >= 0.6 is 0 Å². The zero-order valence-electron chi connectivity index (χ0n) is 15.1. The molecule has 1 amide bonds. The van der Waals surface area contributed by atoms with Crippen molar-refractivity contribution in [1.82, 2.24) is 14.9 Å². The van der Waals surface area contributed by atoms with Crippen molar-refractivity contribution >= 4 is 22.5 Å². The summed E-state index contributed by atoms with van der Waals surface area (Å²) in [5.74, 6) is 0.310. The molecule has 0 aliphatic rings. The van der Waals surface area contributed by atoms with Crippen molar-refractivity contribution < 1.29 is 4.79 Å². The fraction of sp³-hybridized carbons (Fsp3) is 0.200. The Morgan fingerprint density at radius 2 is 1.96 bits per heavy atom. The minimum atomic E-state index is -0.447. The van der Waals surface area contributed by atoms with E-state index in [0.717, 1.165) is 0 Å². The Labute approximate surface area is 156 Å². The van der Waals surface area contributed by atoms with E-state index in [1.54, 1.807) is 61.3 Å². The van der Waals surface area contributed by atoms with Crippen LogP contribution in [0.15, 0.2) is 53.3 Å². The van der Waals surface area contributed by atoms with Crippen LogP contribution in [-0.4, -0.2) is 33.9 Å². The van der Waals surface area contributed by atoms with E-state index in [2.05, 4.69) is 15.3 Å². The molecule has 0 radical (unpaired) electrons. The van der Waals surface area contributed by atoms with Crippen molar-refractivity contribution in [2.24, 2.45) is 0 Å². The maximum Gasteiger partial charge on any atom is 0.258 e. The second kappa shape index (κ2) is 7.81. The molecule has 0 unspecified atom stereocenters. The topological polar surface area (TPSA) is 102 Å². The summed E-state index contributed by atoms with van der Waals surface area (Å²) in [6.45, 7) is 2.10. The summed E-state index contributed by atoms with van der Waals surface area (Å²) in [6.07, 6.45) is 0. The van der Waals surface area contributed by atoms with Gasteiger partial charge in [-0.3, -0.25) is 14.5 Å². The first kappa shape index (κ1) is 18.3. The van der Waals surface area contributed by atoms with Gasteiger partial charge in [0, 0.05) is 5.69 Å². The lowest BCUT2D eigenvalue weighted by molar-refractivity contribution is -0.120. The molecular formula is C20H19N5O2. The average Bonchev–Trinajstić information content (AvgIpc) is 2.68. The Morgan fingerprint density at radius 3 is 2.67 bits per heavy atom. The molecule has 0 aliphatic heterocycles. The highest BCUT2D eigenvalue weighted by Crippen LogP contribution is 2.12. The Balaban J connectivity index is 1.69. The van der Waals surface area contributed by atoms with Gasteiger partial charge >= 0.3 is 0 Å². The number of likely N-dealkylation sites (N-methyl/N-ethyl adjacent to an activating group) is 1. The highest BCUT2D eigenvalue weighted by molar-refractivity contribution is 5.94. The monoisotopic (exact) mass is 361 g/mol. The number of carbonyl (C=O) groups excluding carboxylic acids is 1. The van der Waals surface area contributed by atoms with Crippen molar-refractivity contribution in [3.63, 3.8) is 0 Å². The van der Waals surface area contributed by atoms with Crippen LogP contribution in [0, 0.1) is 11.3 Å². The number of anilines is 1. The van der Waals surface area contributed by atoms with Gasteiger partial charge in [-0.25, -0.2) is 4.98 Å². The molecule has 0 saturated heterocycles. The molecule has 1 aromatic heterocycles. The van der Waals surface area contributed by atoms with E-state index >= 15 is 0 Å². The van der Waals surface area contributed by atoms with Crippen LogP contribution in [0.5, 0.6) is 0 Å². The van der Waals surface area contributed by atoms with Gasteiger partial charge in [0.2, 0.25) is 5.91 Å². The predicted octanol–water partition coefficient (Wildman–Crippen LogP) is 2.25. The number of rotatable bonds is 5. The summed E-state index contributed by atoms with van der Waals surface area (Å²) >= 11 is 0. The van der Waals surface area contributed by atoms with Crippen LogP contribution in [0.25, 0.3) is 10.9 Å². The molecule has 7 heteroatoms. The number of carbonyl (C=O) groups is 1. The Morgan fingerprint density at radius 1 is 1.26 bits per heavy atom. The van der Waals surface area contributed by atoms with E-state index in [9.17, 15) is 9.59 Å². The van der Waals surface area contributed by atoms with Crippen molar-refractivity contribution in [3.8, 4) is 6.07 Å². The first-order valence-corrected chi connectivity index (χ1v) is 8.47. The van der Waals surface area contributed by atoms with Crippen molar-refractivity contribution in [2.45, 2.75) is 19.5 Å². The number of nitrogens with one attached hydrogen (secondary N) is 2. The fourth-order valence-electron chi connectivity index (χ4n) is 2.66. The molecule has 0 fully saturated rings. The molecular weight excluding hydrogens is 342 g/mol. The smallest absolute Gasteiger partial charge is 0.258 e. The Bertz CT molecular complexity index is 1070. The van der Waals surface area contributed by atoms with Gasteiger partial charge in [0.25, 0.3) is 5.56 Å². The molecule has 1 atom stereocenters. The third-order valence-electron chi connectivity index (χ3n) is 4.38. The minimum absolute atomic E-state index is 0.189. The lowest BCUT2D eigenvalue weighted by Gasteiger charge is -2.23. The van der Waals surface area contributed by atoms with Crippen molar-refractivity contribution in [3.05, 3.63) is 70.3 Å². The van der Waals surface area contributed by atoms with Crippen molar-refractivity contribution in [1.29, 1.82) is 5.26 Å². The molecule has 7 nitrogen and oxygen atoms in total. The van der Waals surface area contributed by atoms with E-state index in [0.29, 0.717) is 34.5 Å². The molecule has 2 N–H and O–H groups in total. The van der Waals surface area contributed by atoms with E-state index in [1.807, 2.05) is 12.1 Å². The summed E-state index contributed by atoms with van der Waals surface area (Å²) < 4.78 is 0. The lowest BCUT2D eigenvalue weighted by Crippen LogP contribution is -2.39. The van der Waals surface area contributed by atoms with E-state index in [1.165, 1.54) is 0 Å². The third kappa shape index (κ3) is 4.19. The summed E-state index contributed by atoms with van der Waals surface area (Å²) in [5, 5.41) is 12.2. The number of hydrogen-bond acceptors (Lipinski definition) is 5. The molecule has 3 rings (SSSR count). The molecule has 3 aromatic rings. The van der Waals surface area contributed by atoms with Crippen LogP contribution in [0.1, 0.15) is 18.3 Å². The van der Waals surface area contributed by atoms with Gasteiger partial charge in [-0.1, -0.05) is 12.1 Å². The number of H-pyrrole nitrogens is 1. The van der Waals surface area contributed by atoms with E-state index in [4.69, 9.17) is 5.26 Å². The number of fused-ring (bicyclic) bond motifs is 1. The maximum absolute atomic E-state index is 12.5. The van der Waals surface area contributed by atoms with Crippen LogP contribution < -0.4 is 10.9 Å². The van der Waals surface area contributed by atoms with Crippen LogP contribution in [0.3, 0.4) is 0 Å². The number of nitriles is 1. The zero-order valence-corrected chi connectivity index (χ0v) is 15.1. The fourth-order valence-corrected chi connectivity index (χ4v) is 2.66. The molecule has 2 aromatic carbocycles. The minimum Gasteiger partial charge on any atom is -0.325 e. The normalized spacial score (nSPS) is 11.9. The van der Waals surface area contributed by atoms with Crippen LogP contribution in [0.4, 0.5) is 5.69 Å². The molecule has 0 spiro atoms. The summed E-state index contributed by atoms with van der Waals surface area (Å²) in [6, 6.07) is 15.4. The highest BCUT2D eigenvalue weighted by atomic mass is 16.2. The van der Waals surface area contributed by atoms with E-state index < -0.39 is 6.04 Å². The van der Waals surface area contributed by atoms with E-state index in [-0.39, 0.29) is 11.5 Å². The second-order valence-electron chi connectivity index (χ2n) is 6.30. The summed E-state index contributed by atoms with van der Waals surface area (Å²) in [4.78, 5) is 33.7. The van der Waals surface area contributed by atoms with Gasteiger partial charge in [0.15, 0.2) is 0 Å². The van der Waals surface area contributed by atoms with Gasteiger partial charge in [-0.2, -0.15) is 5.26 Å². The largest absolute Gasteiger partial charge is 0.325 e. The Kier molecular flexibility index (Phi) is 5.29. The second-order valence-corrected chi connectivity index (χ2v) is 6.30. The number of para-hydroxylation sites is 1. The average molecular weight is 361 g/mol. The lowest BCUT2D eigenvalue weighted by atomic mass is 10.2. The molecule has 0 bridgehead atoms. The SMILES string of the molecule is C[C@@H](C(=O)Nc1ccc(C#N)cc1)N(C)Cc1nc2ccccc2c(=O)[nH]1. The first-order chi connectivity index (χ1) is 13.0. The number of nitrogens with zero attached hydrogens (tertiary/aromatic N) is 3. The van der Waals surface area contributed by atoms with Crippen LogP contribution in [0.2, 0.25) is 0 Å². The van der Waals surface area contributed by atoms with Gasteiger partial charge in [-0.15, -0.1) is 0 Å². The number of aromatic amines is 1. The van der Waals surface area contributed by atoms with Gasteiger partial charge in [0.05, 0.1) is 35.1 Å². The summed E-state index contributed by atoms with van der Waals surface area (Å²) in [5.41, 5.74) is 1.58. The number of hydrogen-bond donors (Lipinski definition) is 2. The first-order valence-electron chi connectivity index (χ1n) is 8.47. The summed E-state index contributed by atoms with van der Waals surface area (Å²) in [7, 11) is 1.79. The number of aromatic nitrogens is 2. The molecule has 0 saturated carbocycles. The number of amides is 1. The molecule has 0 aliphatic carbocycles. The Hall–Kier alpha value is -3.50. The maximum atomic E-state index is 12.5. The number of benzene rings is 2. The predicted molar refractivity (Wildman–Crippen MR) is 103 cm³/mol. The van der Waals surface area contributed by atoms with Gasteiger partial charge in [-0.05, 0) is 50.4 Å². The van der Waals surface area contributed by atoms with Gasteiger partial charge in [0.1, 0.15) is 5.82 Å². The van der Waals surface area contributed by atoms with Crippen molar-refractivity contribution in [2.75, 3.05) is 12.4 Å².